The molecule has 1 aliphatic rings. The van der Waals surface area contributed by atoms with Crippen molar-refractivity contribution >= 4 is 11.6 Å². The summed E-state index contributed by atoms with van der Waals surface area (Å²) >= 11 is 0. The molecule has 1 fully saturated rings. The van der Waals surface area contributed by atoms with Gasteiger partial charge in [-0.15, -0.1) is 0 Å². The molecule has 2 rings (SSSR count). The Morgan fingerprint density at radius 2 is 1.90 bits per heavy atom. The molecule has 1 atom stereocenters. The second kappa shape index (κ2) is 8.15. The fourth-order valence-electron chi connectivity index (χ4n) is 2.89. The number of hydrogen-bond donors (Lipinski definition) is 3. The lowest BCUT2D eigenvalue weighted by Crippen LogP contribution is -2.32. The zero-order chi connectivity index (χ0) is 15.1. The minimum Gasteiger partial charge on any atom is -0.388 e. The van der Waals surface area contributed by atoms with Crippen molar-refractivity contribution in [3.63, 3.8) is 0 Å². The first-order valence-corrected chi connectivity index (χ1v) is 7.94. The number of carbonyl (C=O) groups excluding carboxylic acids is 1. The number of anilines is 1. The summed E-state index contributed by atoms with van der Waals surface area (Å²) in [4.78, 5) is 11.0. The average molecular weight is 290 g/mol. The number of rotatable bonds is 6. The molecule has 1 amide bonds. The van der Waals surface area contributed by atoms with E-state index in [1.54, 1.807) is 0 Å². The second-order valence-electron chi connectivity index (χ2n) is 5.90. The molecule has 0 radical (unpaired) electrons. The number of aliphatic hydroxyl groups excluding tert-OH is 1. The fourth-order valence-corrected chi connectivity index (χ4v) is 2.89. The van der Waals surface area contributed by atoms with Gasteiger partial charge >= 0.3 is 0 Å². The third kappa shape index (κ3) is 5.48. The van der Waals surface area contributed by atoms with Gasteiger partial charge in [-0.2, -0.15) is 0 Å². The molecule has 0 aromatic heterocycles. The quantitative estimate of drug-likeness (QED) is 0.755. The van der Waals surface area contributed by atoms with Gasteiger partial charge in [-0.05, 0) is 43.5 Å². The van der Waals surface area contributed by atoms with Crippen LogP contribution in [0.5, 0.6) is 0 Å². The Balaban J connectivity index is 1.74. The highest BCUT2D eigenvalue weighted by Gasteiger charge is 2.13. The Labute approximate surface area is 126 Å². The van der Waals surface area contributed by atoms with E-state index < -0.39 is 6.10 Å². The lowest BCUT2D eigenvalue weighted by Gasteiger charge is -2.23. The van der Waals surface area contributed by atoms with Crippen LogP contribution in [-0.2, 0) is 4.79 Å². The van der Waals surface area contributed by atoms with Crippen LogP contribution in [0.15, 0.2) is 24.3 Å². The maximum absolute atomic E-state index is 11.0. The molecular weight excluding hydrogens is 264 g/mol. The van der Waals surface area contributed by atoms with E-state index in [0.717, 1.165) is 24.2 Å². The summed E-state index contributed by atoms with van der Waals surface area (Å²) < 4.78 is 0. The number of carbonyl (C=O) groups is 1. The SMILES string of the molecule is CC(=O)Nc1ccc(C(O)CCNC2CCCCC2)cc1. The van der Waals surface area contributed by atoms with Crippen molar-refractivity contribution in [3.05, 3.63) is 29.8 Å². The highest BCUT2D eigenvalue weighted by Crippen LogP contribution is 2.20. The highest BCUT2D eigenvalue weighted by atomic mass is 16.3. The van der Waals surface area contributed by atoms with Gasteiger partial charge in [-0.3, -0.25) is 4.79 Å². The molecule has 0 heterocycles. The average Bonchev–Trinajstić information content (AvgIpc) is 2.48. The van der Waals surface area contributed by atoms with Crippen molar-refractivity contribution < 1.29 is 9.90 Å². The Bertz CT molecular complexity index is 439. The number of aliphatic hydroxyl groups is 1. The molecule has 3 N–H and O–H groups in total. The van der Waals surface area contributed by atoms with Gasteiger partial charge in [-0.25, -0.2) is 0 Å². The Morgan fingerprint density at radius 3 is 2.52 bits per heavy atom. The minimum atomic E-state index is -0.451. The van der Waals surface area contributed by atoms with Gasteiger partial charge in [0.1, 0.15) is 0 Å². The second-order valence-corrected chi connectivity index (χ2v) is 5.90. The number of hydrogen-bond acceptors (Lipinski definition) is 3. The molecule has 0 bridgehead atoms. The monoisotopic (exact) mass is 290 g/mol. The first-order valence-electron chi connectivity index (χ1n) is 7.94. The number of nitrogens with one attached hydrogen (secondary N) is 2. The molecule has 1 aromatic carbocycles. The van der Waals surface area contributed by atoms with Crippen molar-refractivity contribution in [1.29, 1.82) is 0 Å². The van der Waals surface area contributed by atoms with Crippen LogP contribution < -0.4 is 10.6 Å². The molecular formula is C17H26N2O2. The van der Waals surface area contributed by atoms with Gasteiger partial charge in [-0.1, -0.05) is 31.4 Å². The molecule has 0 saturated heterocycles. The summed E-state index contributed by atoms with van der Waals surface area (Å²) in [5.41, 5.74) is 1.66. The third-order valence-electron chi connectivity index (χ3n) is 4.07. The lowest BCUT2D eigenvalue weighted by atomic mass is 9.95. The third-order valence-corrected chi connectivity index (χ3v) is 4.07. The van der Waals surface area contributed by atoms with Gasteiger partial charge in [0.2, 0.25) is 5.91 Å². The summed E-state index contributed by atoms with van der Waals surface area (Å²) in [6.07, 6.45) is 6.81. The standard InChI is InChI=1S/C17H26N2O2/c1-13(20)19-16-9-7-14(8-10-16)17(21)11-12-18-15-5-3-2-4-6-15/h7-10,15,17-18,21H,2-6,11-12H2,1H3,(H,19,20). The molecule has 1 unspecified atom stereocenters. The molecule has 0 spiro atoms. The van der Waals surface area contributed by atoms with Crippen LogP contribution in [0.2, 0.25) is 0 Å². The van der Waals surface area contributed by atoms with Crippen LogP contribution in [0.25, 0.3) is 0 Å². The Morgan fingerprint density at radius 1 is 1.24 bits per heavy atom. The van der Waals surface area contributed by atoms with Crippen molar-refractivity contribution in [2.75, 3.05) is 11.9 Å². The molecule has 1 aliphatic carbocycles. The minimum absolute atomic E-state index is 0.0834. The smallest absolute Gasteiger partial charge is 0.221 e. The van der Waals surface area contributed by atoms with E-state index in [2.05, 4.69) is 10.6 Å². The Kier molecular flexibility index (Phi) is 6.21. The number of amides is 1. The van der Waals surface area contributed by atoms with Crippen molar-refractivity contribution in [2.24, 2.45) is 0 Å². The maximum Gasteiger partial charge on any atom is 0.221 e. The summed E-state index contributed by atoms with van der Waals surface area (Å²) in [5.74, 6) is -0.0834. The summed E-state index contributed by atoms with van der Waals surface area (Å²) in [7, 11) is 0. The maximum atomic E-state index is 11.0. The van der Waals surface area contributed by atoms with E-state index in [4.69, 9.17) is 0 Å². The van der Waals surface area contributed by atoms with E-state index in [-0.39, 0.29) is 5.91 Å². The highest BCUT2D eigenvalue weighted by molar-refractivity contribution is 5.88. The van der Waals surface area contributed by atoms with Crippen LogP contribution in [0, 0.1) is 0 Å². The predicted octanol–water partition coefficient (Wildman–Crippen LogP) is 2.99. The predicted molar refractivity (Wildman–Crippen MR) is 85.2 cm³/mol. The van der Waals surface area contributed by atoms with Gasteiger partial charge < -0.3 is 15.7 Å². The zero-order valence-corrected chi connectivity index (χ0v) is 12.8. The van der Waals surface area contributed by atoms with E-state index in [9.17, 15) is 9.90 Å². The normalized spacial score (nSPS) is 17.4. The van der Waals surface area contributed by atoms with Crippen LogP contribution in [-0.4, -0.2) is 23.6 Å². The summed E-state index contributed by atoms with van der Waals surface area (Å²) in [6.45, 7) is 2.33. The Hall–Kier alpha value is -1.39. The van der Waals surface area contributed by atoms with Crippen LogP contribution in [0.4, 0.5) is 5.69 Å². The first kappa shape index (κ1) is 16.0. The van der Waals surface area contributed by atoms with E-state index >= 15 is 0 Å². The molecule has 1 saturated carbocycles. The van der Waals surface area contributed by atoms with Crippen molar-refractivity contribution in [2.45, 2.75) is 57.6 Å². The van der Waals surface area contributed by atoms with Crippen LogP contribution >= 0.6 is 0 Å². The van der Waals surface area contributed by atoms with E-state index in [1.165, 1.54) is 39.0 Å². The molecule has 0 aliphatic heterocycles. The van der Waals surface area contributed by atoms with Gasteiger partial charge in [0.25, 0.3) is 0 Å². The van der Waals surface area contributed by atoms with Gasteiger partial charge in [0, 0.05) is 18.7 Å². The summed E-state index contributed by atoms with van der Waals surface area (Å²) in [6, 6.07) is 8.03. The van der Waals surface area contributed by atoms with Crippen LogP contribution in [0.1, 0.15) is 57.1 Å². The topological polar surface area (TPSA) is 61.4 Å². The van der Waals surface area contributed by atoms with E-state index in [1.807, 2.05) is 24.3 Å². The molecule has 1 aromatic rings. The van der Waals surface area contributed by atoms with E-state index in [0.29, 0.717) is 6.04 Å². The molecule has 21 heavy (non-hydrogen) atoms. The molecule has 116 valence electrons. The number of benzene rings is 1. The first-order chi connectivity index (χ1) is 10.1. The largest absolute Gasteiger partial charge is 0.388 e. The molecule has 4 heteroatoms. The lowest BCUT2D eigenvalue weighted by molar-refractivity contribution is -0.114. The van der Waals surface area contributed by atoms with Crippen LogP contribution in [0.3, 0.4) is 0 Å². The molecule has 4 nitrogen and oxygen atoms in total. The van der Waals surface area contributed by atoms with Crippen molar-refractivity contribution in [1.82, 2.24) is 5.32 Å². The van der Waals surface area contributed by atoms with Gasteiger partial charge in [0.15, 0.2) is 0 Å². The summed E-state index contributed by atoms with van der Waals surface area (Å²) in [5, 5.41) is 16.5. The zero-order valence-electron chi connectivity index (χ0n) is 12.8. The fraction of sp³-hybridized carbons (Fsp3) is 0.588. The van der Waals surface area contributed by atoms with Gasteiger partial charge in [0.05, 0.1) is 6.10 Å². The van der Waals surface area contributed by atoms with Crippen molar-refractivity contribution in [3.8, 4) is 0 Å².